The quantitative estimate of drug-likeness (QED) is 0.860. The van der Waals surface area contributed by atoms with Crippen molar-refractivity contribution in [2.24, 2.45) is 0 Å². The molecule has 0 bridgehead atoms. The Morgan fingerprint density at radius 2 is 2.05 bits per heavy atom. The molecule has 0 radical (unpaired) electrons. The Hall–Kier alpha value is -1.17. The number of benzene rings is 1. The first-order chi connectivity index (χ1) is 9.13. The first kappa shape index (κ1) is 14.2. The molecule has 0 amide bonds. The van der Waals surface area contributed by atoms with E-state index in [1.54, 1.807) is 6.92 Å². The zero-order chi connectivity index (χ0) is 13.7. The minimum atomic E-state index is -0.297. The Kier molecular flexibility index (Phi) is 5.13. The summed E-state index contributed by atoms with van der Waals surface area (Å²) in [5.74, 6) is 0. The van der Waals surface area contributed by atoms with Gasteiger partial charge in [-0.15, -0.1) is 10.2 Å². The van der Waals surface area contributed by atoms with Crippen molar-refractivity contribution in [3.63, 3.8) is 0 Å². The van der Waals surface area contributed by atoms with E-state index >= 15 is 0 Å². The Bertz CT molecular complexity index is 513. The summed E-state index contributed by atoms with van der Waals surface area (Å²) >= 11 is 7.38. The molecule has 0 fully saturated rings. The van der Waals surface area contributed by atoms with Gasteiger partial charge in [0.05, 0.1) is 6.10 Å². The van der Waals surface area contributed by atoms with Gasteiger partial charge in [-0.1, -0.05) is 35.1 Å². The maximum Gasteiger partial charge on any atom is 0.205 e. The van der Waals surface area contributed by atoms with Gasteiger partial charge in [-0.3, -0.25) is 0 Å². The maximum absolute atomic E-state index is 9.17. The highest BCUT2D eigenvalue weighted by Crippen LogP contribution is 2.19. The van der Waals surface area contributed by atoms with Crippen LogP contribution in [0.4, 0.5) is 5.13 Å². The number of rotatable bonds is 6. The van der Waals surface area contributed by atoms with Crippen molar-refractivity contribution >= 4 is 28.1 Å². The average Bonchev–Trinajstić information content (AvgIpc) is 2.79. The normalized spacial score (nSPS) is 12.4. The van der Waals surface area contributed by atoms with Crippen LogP contribution in [-0.4, -0.2) is 28.0 Å². The molecule has 0 aliphatic carbocycles. The lowest BCUT2D eigenvalue weighted by molar-refractivity contribution is 0.189. The molecule has 4 nitrogen and oxygen atoms in total. The third kappa shape index (κ3) is 4.78. The molecule has 0 saturated carbocycles. The van der Waals surface area contributed by atoms with Crippen molar-refractivity contribution in [2.75, 3.05) is 11.9 Å². The van der Waals surface area contributed by atoms with Crippen molar-refractivity contribution in [1.82, 2.24) is 10.2 Å². The minimum Gasteiger partial charge on any atom is -0.393 e. The van der Waals surface area contributed by atoms with Crippen LogP contribution in [-0.2, 0) is 6.42 Å². The van der Waals surface area contributed by atoms with Crippen molar-refractivity contribution in [3.8, 4) is 0 Å². The van der Waals surface area contributed by atoms with Gasteiger partial charge in [-0.25, -0.2) is 0 Å². The molecule has 0 aliphatic heterocycles. The first-order valence-electron chi connectivity index (χ1n) is 6.12. The van der Waals surface area contributed by atoms with Gasteiger partial charge in [-0.05, 0) is 31.0 Å². The molecule has 0 saturated heterocycles. The van der Waals surface area contributed by atoms with Crippen LogP contribution < -0.4 is 5.32 Å². The van der Waals surface area contributed by atoms with Crippen molar-refractivity contribution in [2.45, 2.75) is 25.9 Å². The number of aliphatic hydroxyl groups is 1. The highest BCUT2D eigenvalue weighted by atomic mass is 35.5. The molecule has 2 rings (SSSR count). The predicted molar refractivity (Wildman–Crippen MR) is 79.0 cm³/mol. The van der Waals surface area contributed by atoms with Crippen LogP contribution in [0, 0.1) is 0 Å². The third-order valence-corrected chi connectivity index (χ3v) is 3.71. The molecule has 2 N–H and O–H groups in total. The van der Waals surface area contributed by atoms with Gasteiger partial charge in [0.25, 0.3) is 0 Å². The number of anilines is 1. The van der Waals surface area contributed by atoms with Crippen LogP contribution in [0.15, 0.2) is 24.3 Å². The summed E-state index contributed by atoms with van der Waals surface area (Å²) < 4.78 is 0. The molecule has 1 heterocycles. The molecule has 19 heavy (non-hydrogen) atoms. The minimum absolute atomic E-state index is 0.297. The molecule has 102 valence electrons. The predicted octanol–water partition coefficient (Wildman–Crippen LogP) is 2.97. The van der Waals surface area contributed by atoms with Gasteiger partial charge < -0.3 is 10.4 Å². The van der Waals surface area contributed by atoms with Gasteiger partial charge in [0.2, 0.25) is 5.13 Å². The fourth-order valence-electron chi connectivity index (χ4n) is 1.56. The number of halogens is 1. The van der Waals surface area contributed by atoms with Gasteiger partial charge in [0.15, 0.2) is 0 Å². The third-order valence-electron chi connectivity index (χ3n) is 2.57. The van der Waals surface area contributed by atoms with E-state index in [1.807, 2.05) is 24.3 Å². The largest absolute Gasteiger partial charge is 0.393 e. The fraction of sp³-hybridized carbons (Fsp3) is 0.385. The van der Waals surface area contributed by atoms with E-state index < -0.39 is 0 Å². The van der Waals surface area contributed by atoms with Gasteiger partial charge >= 0.3 is 0 Å². The second kappa shape index (κ2) is 6.84. The van der Waals surface area contributed by atoms with E-state index in [1.165, 1.54) is 11.3 Å². The molecular weight excluding hydrogens is 282 g/mol. The second-order valence-corrected chi connectivity index (χ2v) is 5.87. The summed E-state index contributed by atoms with van der Waals surface area (Å²) in [4.78, 5) is 0. The lowest BCUT2D eigenvalue weighted by atomic mass is 10.2. The topological polar surface area (TPSA) is 58.0 Å². The van der Waals surface area contributed by atoms with Crippen LogP contribution in [0.5, 0.6) is 0 Å². The van der Waals surface area contributed by atoms with E-state index in [9.17, 15) is 0 Å². The molecule has 6 heteroatoms. The molecule has 0 spiro atoms. The van der Waals surface area contributed by atoms with Crippen LogP contribution in [0.1, 0.15) is 23.9 Å². The van der Waals surface area contributed by atoms with E-state index in [-0.39, 0.29) is 6.10 Å². The number of nitrogens with one attached hydrogen (secondary N) is 1. The number of hydrogen-bond acceptors (Lipinski definition) is 5. The summed E-state index contributed by atoms with van der Waals surface area (Å²) in [5.41, 5.74) is 1.16. The van der Waals surface area contributed by atoms with Gasteiger partial charge in [-0.2, -0.15) is 0 Å². The number of aliphatic hydroxyl groups excluding tert-OH is 1. The van der Waals surface area contributed by atoms with Crippen molar-refractivity contribution in [3.05, 3.63) is 39.9 Å². The van der Waals surface area contributed by atoms with Crippen LogP contribution in [0.3, 0.4) is 0 Å². The van der Waals surface area contributed by atoms with Crippen LogP contribution in [0.25, 0.3) is 0 Å². The Labute approximate surface area is 121 Å². The van der Waals surface area contributed by atoms with E-state index in [0.717, 1.165) is 27.1 Å². The van der Waals surface area contributed by atoms with Gasteiger partial charge in [0.1, 0.15) is 5.01 Å². The summed E-state index contributed by atoms with van der Waals surface area (Å²) in [5, 5.41) is 23.0. The van der Waals surface area contributed by atoms with E-state index in [4.69, 9.17) is 16.7 Å². The lowest BCUT2D eigenvalue weighted by Gasteiger charge is -2.03. The lowest BCUT2D eigenvalue weighted by Crippen LogP contribution is -2.09. The van der Waals surface area contributed by atoms with E-state index in [2.05, 4.69) is 15.5 Å². The smallest absolute Gasteiger partial charge is 0.205 e. The monoisotopic (exact) mass is 297 g/mol. The summed E-state index contributed by atoms with van der Waals surface area (Å²) in [6.45, 7) is 2.47. The molecule has 1 aromatic heterocycles. The molecule has 1 aromatic carbocycles. The molecular formula is C13H16ClN3OS. The van der Waals surface area contributed by atoms with E-state index in [0.29, 0.717) is 13.0 Å². The average molecular weight is 298 g/mol. The summed E-state index contributed by atoms with van der Waals surface area (Å²) in [6, 6.07) is 7.73. The standard InChI is InChI=1S/C13H16ClN3OS/c1-9(18)6-7-15-13-17-16-12(19-13)8-10-2-4-11(14)5-3-10/h2-5,9,18H,6-8H2,1H3,(H,15,17). The maximum atomic E-state index is 9.17. The first-order valence-corrected chi connectivity index (χ1v) is 7.31. The number of nitrogens with zero attached hydrogens (tertiary/aromatic N) is 2. The fourth-order valence-corrected chi connectivity index (χ4v) is 2.49. The summed E-state index contributed by atoms with van der Waals surface area (Å²) in [7, 11) is 0. The Balaban J connectivity index is 1.88. The summed E-state index contributed by atoms with van der Waals surface area (Å²) in [6.07, 6.45) is 1.16. The zero-order valence-electron chi connectivity index (χ0n) is 10.6. The highest BCUT2D eigenvalue weighted by molar-refractivity contribution is 7.15. The SMILES string of the molecule is CC(O)CCNc1nnc(Cc2ccc(Cl)cc2)s1. The Morgan fingerprint density at radius 1 is 1.32 bits per heavy atom. The molecule has 1 unspecified atom stereocenters. The van der Waals surface area contributed by atoms with Crippen molar-refractivity contribution < 1.29 is 5.11 Å². The Morgan fingerprint density at radius 3 is 2.74 bits per heavy atom. The molecule has 0 aliphatic rings. The number of aromatic nitrogens is 2. The van der Waals surface area contributed by atoms with Crippen LogP contribution >= 0.6 is 22.9 Å². The molecule has 1 atom stereocenters. The van der Waals surface area contributed by atoms with Crippen molar-refractivity contribution in [1.29, 1.82) is 0 Å². The van der Waals surface area contributed by atoms with Gasteiger partial charge in [0, 0.05) is 18.0 Å². The highest BCUT2D eigenvalue weighted by Gasteiger charge is 2.05. The molecule has 2 aromatic rings. The zero-order valence-corrected chi connectivity index (χ0v) is 12.2. The second-order valence-electron chi connectivity index (χ2n) is 4.37. The number of hydrogen-bond donors (Lipinski definition) is 2. The van der Waals surface area contributed by atoms with Crippen LogP contribution in [0.2, 0.25) is 5.02 Å².